The lowest BCUT2D eigenvalue weighted by molar-refractivity contribution is -0.146. The van der Waals surface area contributed by atoms with Gasteiger partial charge in [-0.2, -0.15) is 5.26 Å². The molecule has 0 amide bonds. The van der Waals surface area contributed by atoms with Gasteiger partial charge in [0, 0.05) is 0 Å². The minimum absolute atomic E-state index is 0.147. The van der Waals surface area contributed by atoms with Crippen LogP contribution in [0.25, 0.3) is 0 Å². The number of rotatable bonds is 3. The maximum atomic E-state index is 13.2. The number of benzene rings is 1. The van der Waals surface area contributed by atoms with Gasteiger partial charge >= 0.3 is 5.97 Å². The topological polar surface area (TPSA) is 98.4 Å². The number of aliphatic hydroxyl groups is 1. The predicted molar refractivity (Wildman–Crippen MR) is 49.1 cm³/mol. The molecule has 0 saturated heterocycles. The molecule has 0 aromatic heterocycles. The Morgan fingerprint density at radius 3 is 2.62 bits per heavy atom. The van der Waals surface area contributed by atoms with E-state index in [1.165, 1.54) is 6.07 Å². The monoisotopic (exact) mass is 223 g/mol. The first kappa shape index (κ1) is 11.8. The normalized spacial score (nSPS) is 11.6. The van der Waals surface area contributed by atoms with Gasteiger partial charge in [0.25, 0.3) is 0 Å². The minimum atomic E-state index is -1.90. The molecule has 6 heteroatoms. The van der Waals surface area contributed by atoms with Crippen molar-refractivity contribution in [1.82, 2.24) is 0 Å². The van der Waals surface area contributed by atoms with E-state index in [0.717, 1.165) is 12.1 Å². The molecule has 1 aromatic carbocycles. The first-order valence-electron chi connectivity index (χ1n) is 4.10. The molecule has 1 aromatic rings. The summed E-state index contributed by atoms with van der Waals surface area (Å²) in [4.78, 5) is 20.9. The lowest BCUT2D eigenvalue weighted by atomic mass is 10.0. The summed E-state index contributed by atoms with van der Waals surface area (Å²) >= 11 is 0. The number of aliphatic hydroxyl groups excluding tert-OH is 1. The summed E-state index contributed by atoms with van der Waals surface area (Å²) in [6.07, 6.45) is -1.75. The van der Waals surface area contributed by atoms with Crippen LogP contribution in [0.4, 0.5) is 4.39 Å². The zero-order valence-corrected chi connectivity index (χ0v) is 7.85. The van der Waals surface area contributed by atoms with Crippen LogP contribution in [0.3, 0.4) is 0 Å². The van der Waals surface area contributed by atoms with Gasteiger partial charge in [0.15, 0.2) is 18.2 Å². The van der Waals surface area contributed by atoms with Crippen LogP contribution in [0, 0.1) is 17.1 Å². The third kappa shape index (κ3) is 2.04. The predicted octanol–water partition coefficient (Wildman–Crippen LogP) is 0.628. The van der Waals surface area contributed by atoms with Gasteiger partial charge in [0.1, 0.15) is 6.07 Å². The van der Waals surface area contributed by atoms with Gasteiger partial charge in [0.05, 0.1) is 11.1 Å². The molecule has 16 heavy (non-hydrogen) atoms. The number of halogens is 1. The highest BCUT2D eigenvalue weighted by molar-refractivity contribution is 5.79. The maximum absolute atomic E-state index is 13.2. The summed E-state index contributed by atoms with van der Waals surface area (Å²) < 4.78 is 13.2. The Bertz CT molecular complexity index is 492. The molecule has 0 aliphatic carbocycles. The standard InChI is InChI=1S/C10H6FNO4/c11-8-6(3-12)1-5(2-7(8)4-13)9(14)10(15)16/h1-2,4,9,14H,(H,15,16). The molecule has 5 nitrogen and oxygen atoms in total. The number of carboxylic acids is 1. The maximum Gasteiger partial charge on any atom is 0.337 e. The highest BCUT2D eigenvalue weighted by Crippen LogP contribution is 2.20. The quantitative estimate of drug-likeness (QED) is 0.732. The van der Waals surface area contributed by atoms with Crippen LogP contribution in [-0.4, -0.2) is 22.5 Å². The fourth-order valence-electron chi connectivity index (χ4n) is 1.14. The number of hydrogen-bond donors (Lipinski definition) is 2. The molecule has 0 radical (unpaired) electrons. The smallest absolute Gasteiger partial charge is 0.337 e. The minimum Gasteiger partial charge on any atom is -0.479 e. The summed E-state index contributed by atoms with van der Waals surface area (Å²) in [6.45, 7) is 0. The van der Waals surface area contributed by atoms with Crippen molar-refractivity contribution in [3.05, 3.63) is 34.6 Å². The van der Waals surface area contributed by atoms with Gasteiger partial charge in [-0.25, -0.2) is 9.18 Å². The van der Waals surface area contributed by atoms with Gasteiger partial charge < -0.3 is 10.2 Å². The van der Waals surface area contributed by atoms with E-state index in [9.17, 15) is 19.1 Å². The highest BCUT2D eigenvalue weighted by atomic mass is 19.1. The molecule has 0 heterocycles. The SMILES string of the molecule is N#Cc1cc(C(O)C(=O)O)cc(C=O)c1F. The Balaban J connectivity index is 3.39. The summed E-state index contributed by atoms with van der Waals surface area (Å²) in [5.74, 6) is -2.58. The highest BCUT2D eigenvalue weighted by Gasteiger charge is 2.19. The van der Waals surface area contributed by atoms with Crippen molar-refractivity contribution < 1.29 is 24.2 Å². The van der Waals surface area contributed by atoms with E-state index in [1.54, 1.807) is 0 Å². The van der Waals surface area contributed by atoms with E-state index in [-0.39, 0.29) is 11.8 Å². The number of carbonyl (C=O) groups is 2. The molecular weight excluding hydrogens is 217 g/mol. The fraction of sp³-hybridized carbons (Fsp3) is 0.100. The van der Waals surface area contributed by atoms with E-state index >= 15 is 0 Å². The van der Waals surface area contributed by atoms with Crippen LogP contribution in [0.5, 0.6) is 0 Å². The third-order valence-corrected chi connectivity index (χ3v) is 1.92. The van der Waals surface area contributed by atoms with Gasteiger partial charge in [-0.05, 0) is 17.7 Å². The number of nitriles is 1. The summed E-state index contributed by atoms with van der Waals surface area (Å²) in [7, 11) is 0. The van der Waals surface area contributed by atoms with Crippen LogP contribution < -0.4 is 0 Å². The molecule has 0 aliphatic rings. The summed E-state index contributed by atoms with van der Waals surface area (Å²) in [5.41, 5.74) is -1.16. The van der Waals surface area contributed by atoms with Crippen molar-refractivity contribution in [3.8, 4) is 6.07 Å². The van der Waals surface area contributed by atoms with Gasteiger partial charge in [-0.15, -0.1) is 0 Å². The second kappa shape index (κ2) is 4.51. The van der Waals surface area contributed by atoms with Crippen LogP contribution >= 0.6 is 0 Å². The Labute approximate surface area is 89.4 Å². The lowest BCUT2D eigenvalue weighted by Gasteiger charge is -2.07. The molecule has 0 bridgehead atoms. The Hall–Kier alpha value is -2.26. The van der Waals surface area contributed by atoms with Crippen LogP contribution in [0.1, 0.15) is 27.6 Å². The molecule has 1 atom stereocenters. The molecule has 1 unspecified atom stereocenters. The van der Waals surface area contributed by atoms with Crippen LogP contribution in [0.15, 0.2) is 12.1 Å². The van der Waals surface area contributed by atoms with Gasteiger partial charge in [0.2, 0.25) is 0 Å². The average molecular weight is 223 g/mol. The zero-order valence-electron chi connectivity index (χ0n) is 7.85. The van der Waals surface area contributed by atoms with Crippen LogP contribution in [-0.2, 0) is 4.79 Å². The Kier molecular flexibility index (Phi) is 3.33. The van der Waals surface area contributed by atoms with Crippen molar-refractivity contribution in [2.75, 3.05) is 0 Å². The van der Waals surface area contributed by atoms with Gasteiger partial charge in [-0.1, -0.05) is 0 Å². The van der Waals surface area contributed by atoms with Crippen molar-refractivity contribution in [1.29, 1.82) is 5.26 Å². The van der Waals surface area contributed by atoms with Crippen LogP contribution in [0.2, 0.25) is 0 Å². The number of aldehydes is 1. The van der Waals surface area contributed by atoms with Crippen molar-refractivity contribution in [2.45, 2.75) is 6.10 Å². The molecule has 0 saturated carbocycles. The summed E-state index contributed by atoms with van der Waals surface area (Å²) in [5, 5.41) is 26.2. The largest absolute Gasteiger partial charge is 0.479 e. The molecule has 82 valence electrons. The van der Waals surface area contributed by atoms with E-state index in [1.807, 2.05) is 0 Å². The van der Waals surface area contributed by atoms with Crippen molar-refractivity contribution in [3.63, 3.8) is 0 Å². The van der Waals surface area contributed by atoms with Crippen molar-refractivity contribution in [2.24, 2.45) is 0 Å². The Morgan fingerprint density at radius 1 is 1.56 bits per heavy atom. The second-order valence-corrected chi connectivity index (χ2v) is 2.94. The molecule has 0 fully saturated rings. The van der Waals surface area contributed by atoms with E-state index in [2.05, 4.69) is 0 Å². The number of aliphatic carboxylic acids is 1. The first-order valence-corrected chi connectivity index (χ1v) is 4.10. The fourth-order valence-corrected chi connectivity index (χ4v) is 1.14. The number of carboxylic acid groups (broad SMARTS) is 1. The molecule has 0 aliphatic heterocycles. The number of nitrogens with zero attached hydrogens (tertiary/aromatic N) is 1. The number of carbonyl (C=O) groups excluding carboxylic acids is 1. The second-order valence-electron chi connectivity index (χ2n) is 2.94. The number of hydrogen-bond acceptors (Lipinski definition) is 4. The zero-order chi connectivity index (χ0) is 12.3. The third-order valence-electron chi connectivity index (χ3n) is 1.92. The van der Waals surface area contributed by atoms with E-state index < -0.39 is 29.0 Å². The molecular formula is C10H6FNO4. The average Bonchev–Trinajstić information content (AvgIpc) is 2.28. The summed E-state index contributed by atoms with van der Waals surface area (Å²) in [6, 6.07) is 3.25. The molecule has 0 spiro atoms. The molecule has 1 rings (SSSR count). The van der Waals surface area contributed by atoms with Crippen molar-refractivity contribution >= 4 is 12.3 Å². The molecule has 2 N–H and O–H groups in total. The Morgan fingerprint density at radius 2 is 2.19 bits per heavy atom. The first-order chi connectivity index (χ1) is 7.51. The van der Waals surface area contributed by atoms with E-state index in [4.69, 9.17) is 10.4 Å². The lowest BCUT2D eigenvalue weighted by Crippen LogP contribution is -2.11. The van der Waals surface area contributed by atoms with Gasteiger partial charge in [-0.3, -0.25) is 4.79 Å². The van der Waals surface area contributed by atoms with E-state index in [0.29, 0.717) is 0 Å².